The summed E-state index contributed by atoms with van der Waals surface area (Å²) in [4.78, 5) is 3.68. The van der Waals surface area contributed by atoms with Crippen LogP contribution in [0.3, 0.4) is 0 Å². The van der Waals surface area contributed by atoms with E-state index in [1.807, 2.05) is 6.92 Å². The molecule has 0 atom stereocenters. The molecule has 0 saturated carbocycles. The van der Waals surface area contributed by atoms with Gasteiger partial charge in [-0.05, 0) is 13.0 Å². The van der Waals surface area contributed by atoms with Gasteiger partial charge in [0.05, 0.1) is 18.5 Å². The molecule has 9 heteroatoms. The Morgan fingerprint density at radius 3 is 2.54 bits per heavy atom. The minimum atomic E-state index is -4.46. The van der Waals surface area contributed by atoms with E-state index >= 15 is 0 Å². The number of rotatable bonds is 5. The number of hydrogen-bond acceptors (Lipinski definition) is 7. The highest BCUT2D eigenvalue weighted by Crippen LogP contribution is 2.37. The van der Waals surface area contributed by atoms with E-state index in [0.29, 0.717) is 28.8 Å². The predicted molar refractivity (Wildman–Crippen MR) is 97.8 cm³/mol. The molecule has 0 radical (unpaired) electrons. The van der Waals surface area contributed by atoms with Crippen molar-refractivity contribution in [2.45, 2.75) is 11.8 Å². The number of fused-ring (bicyclic) bond motifs is 1. The largest absolute Gasteiger partial charge is 0.491 e. The monoisotopic (exact) mass is 372 g/mol. The van der Waals surface area contributed by atoms with E-state index in [1.54, 1.807) is 36.5 Å². The van der Waals surface area contributed by atoms with Crippen molar-refractivity contribution in [2.75, 3.05) is 12.3 Å². The lowest BCUT2D eigenvalue weighted by molar-refractivity contribution is 0.341. The van der Waals surface area contributed by atoms with Gasteiger partial charge >= 0.3 is 0 Å². The van der Waals surface area contributed by atoms with E-state index in [-0.39, 0.29) is 16.3 Å². The first-order valence-corrected chi connectivity index (χ1v) is 9.13. The van der Waals surface area contributed by atoms with Crippen LogP contribution in [0.2, 0.25) is 0 Å². The smallest absolute Gasteiger partial charge is 0.295 e. The summed E-state index contributed by atoms with van der Waals surface area (Å²) < 4.78 is 38.4. The van der Waals surface area contributed by atoms with Gasteiger partial charge in [0.25, 0.3) is 10.1 Å². The molecule has 0 amide bonds. The molecule has 0 saturated heterocycles. The highest BCUT2D eigenvalue weighted by atomic mass is 32.2. The molecule has 0 unspecified atom stereocenters. The minimum Gasteiger partial charge on any atom is -0.491 e. The first kappa shape index (κ1) is 17.8. The molecule has 3 rings (SSSR count). The number of nitrogen functional groups attached to an aromatic ring is 1. The summed E-state index contributed by atoms with van der Waals surface area (Å²) in [6, 6.07) is 9.40. The van der Waals surface area contributed by atoms with Crippen LogP contribution in [0.25, 0.3) is 10.8 Å². The lowest BCUT2D eigenvalue weighted by Gasteiger charge is -2.09. The van der Waals surface area contributed by atoms with Crippen molar-refractivity contribution in [3.05, 3.63) is 48.8 Å². The maximum atomic E-state index is 11.7. The Balaban J connectivity index is 2.16. The van der Waals surface area contributed by atoms with Gasteiger partial charge in [0, 0.05) is 23.0 Å². The quantitative estimate of drug-likeness (QED) is 0.397. The lowest BCUT2D eigenvalue weighted by atomic mass is 10.1. The summed E-state index contributed by atoms with van der Waals surface area (Å²) in [7, 11) is -4.46. The molecule has 134 valence electrons. The van der Waals surface area contributed by atoms with Crippen molar-refractivity contribution in [3.8, 4) is 5.75 Å². The summed E-state index contributed by atoms with van der Waals surface area (Å²) in [5.41, 5.74) is 6.85. The molecule has 0 aliphatic heterocycles. The second-order valence-corrected chi connectivity index (χ2v) is 6.69. The third-order valence-electron chi connectivity index (χ3n) is 3.63. The number of anilines is 1. The Morgan fingerprint density at radius 2 is 1.85 bits per heavy atom. The number of aromatic nitrogens is 1. The van der Waals surface area contributed by atoms with Gasteiger partial charge < -0.3 is 10.5 Å². The van der Waals surface area contributed by atoms with Crippen LogP contribution < -0.4 is 10.5 Å². The summed E-state index contributed by atoms with van der Waals surface area (Å²) in [5.74, 6) is 0.487. The molecule has 26 heavy (non-hydrogen) atoms. The van der Waals surface area contributed by atoms with E-state index < -0.39 is 10.1 Å². The number of azo groups is 1. The average Bonchev–Trinajstić information content (AvgIpc) is 2.62. The third kappa shape index (κ3) is 3.48. The second-order valence-electron chi connectivity index (χ2n) is 5.30. The Hall–Kier alpha value is -3.04. The number of ether oxygens (including phenoxy) is 1. The Morgan fingerprint density at radius 1 is 1.15 bits per heavy atom. The zero-order valence-corrected chi connectivity index (χ0v) is 14.6. The zero-order valence-electron chi connectivity index (χ0n) is 13.8. The SMILES string of the molecule is CCOc1ccncc1/N=N/c1cc(S(=O)(=O)O)c2ccccc2c1N. The number of pyridine rings is 1. The topological polar surface area (TPSA) is 127 Å². The van der Waals surface area contributed by atoms with Crippen LogP contribution in [0, 0.1) is 0 Å². The fourth-order valence-corrected chi connectivity index (χ4v) is 3.20. The van der Waals surface area contributed by atoms with Crippen molar-refractivity contribution in [1.29, 1.82) is 0 Å². The molecule has 1 aromatic heterocycles. The number of nitrogens with zero attached hydrogens (tertiary/aromatic N) is 3. The molecule has 3 aromatic rings. The number of hydrogen-bond donors (Lipinski definition) is 2. The van der Waals surface area contributed by atoms with Crippen molar-refractivity contribution in [3.63, 3.8) is 0 Å². The molecule has 2 aromatic carbocycles. The van der Waals surface area contributed by atoms with Crippen molar-refractivity contribution >= 4 is 38.0 Å². The van der Waals surface area contributed by atoms with Gasteiger partial charge in [-0.3, -0.25) is 9.54 Å². The highest BCUT2D eigenvalue weighted by molar-refractivity contribution is 7.86. The predicted octanol–water partition coefficient (Wildman–Crippen LogP) is 3.88. The summed E-state index contributed by atoms with van der Waals surface area (Å²) in [6.45, 7) is 2.28. The Bertz CT molecular complexity index is 1100. The van der Waals surface area contributed by atoms with Gasteiger partial charge in [-0.1, -0.05) is 24.3 Å². The number of nitrogens with two attached hydrogens (primary N) is 1. The van der Waals surface area contributed by atoms with Gasteiger partial charge in [-0.15, -0.1) is 10.2 Å². The number of benzene rings is 2. The van der Waals surface area contributed by atoms with E-state index in [0.717, 1.165) is 0 Å². The van der Waals surface area contributed by atoms with E-state index in [4.69, 9.17) is 10.5 Å². The van der Waals surface area contributed by atoms with Crippen LogP contribution in [-0.2, 0) is 10.1 Å². The van der Waals surface area contributed by atoms with Crippen LogP contribution >= 0.6 is 0 Å². The van der Waals surface area contributed by atoms with Crippen LogP contribution in [-0.4, -0.2) is 24.6 Å². The first-order valence-electron chi connectivity index (χ1n) is 7.69. The molecule has 0 bridgehead atoms. The maximum Gasteiger partial charge on any atom is 0.295 e. The van der Waals surface area contributed by atoms with Crippen LogP contribution in [0.15, 0.2) is 63.9 Å². The van der Waals surface area contributed by atoms with Gasteiger partial charge in [0.1, 0.15) is 22.0 Å². The van der Waals surface area contributed by atoms with E-state index in [2.05, 4.69) is 15.2 Å². The van der Waals surface area contributed by atoms with Crippen molar-refractivity contribution in [1.82, 2.24) is 4.98 Å². The maximum absolute atomic E-state index is 11.7. The second kappa shape index (κ2) is 7.06. The fraction of sp³-hybridized carbons (Fsp3) is 0.118. The lowest BCUT2D eigenvalue weighted by Crippen LogP contribution is -2.01. The normalized spacial score (nSPS) is 11.9. The van der Waals surface area contributed by atoms with E-state index in [1.165, 1.54) is 12.3 Å². The average molecular weight is 372 g/mol. The first-order chi connectivity index (χ1) is 12.4. The van der Waals surface area contributed by atoms with Gasteiger partial charge in [-0.25, -0.2) is 0 Å². The standard InChI is InChI=1S/C17H16N4O4S/c1-2-25-15-7-8-19-10-14(15)21-20-13-9-16(26(22,23)24)11-5-3-4-6-12(11)17(13)18/h3-10H,2,18H2,1H3,(H,22,23,24)/b21-20+. The summed E-state index contributed by atoms with van der Waals surface area (Å²) >= 11 is 0. The van der Waals surface area contributed by atoms with Crippen LogP contribution in [0.4, 0.5) is 17.1 Å². The molecule has 1 heterocycles. The summed E-state index contributed by atoms with van der Waals surface area (Å²) in [6.07, 6.45) is 3.03. The molecular weight excluding hydrogens is 356 g/mol. The highest BCUT2D eigenvalue weighted by Gasteiger charge is 2.18. The molecule has 0 spiro atoms. The summed E-state index contributed by atoms with van der Waals surface area (Å²) in [5, 5.41) is 8.87. The molecule has 0 aliphatic carbocycles. The molecule has 3 N–H and O–H groups in total. The van der Waals surface area contributed by atoms with Crippen molar-refractivity contribution in [2.24, 2.45) is 10.2 Å². The van der Waals surface area contributed by atoms with Crippen molar-refractivity contribution < 1.29 is 17.7 Å². The third-order valence-corrected chi connectivity index (χ3v) is 4.52. The molecule has 8 nitrogen and oxygen atoms in total. The molecule has 0 fully saturated rings. The zero-order chi connectivity index (χ0) is 18.7. The van der Waals surface area contributed by atoms with Gasteiger partial charge in [0.2, 0.25) is 0 Å². The Labute approximate surface area is 150 Å². The minimum absolute atomic E-state index is 0.114. The fourth-order valence-electron chi connectivity index (χ4n) is 2.48. The van der Waals surface area contributed by atoms with Crippen LogP contribution in [0.1, 0.15) is 6.92 Å². The molecular formula is C17H16N4O4S. The van der Waals surface area contributed by atoms with Gasteiger partial charge in [-0.2, -0.15) is 8.42 Å². The van der Waals surface area contributed by atoms with E-state index in [9.17, 15) is 13.0 Å². The van der Waals surface area contributed by atoms with Gasteiger partial charge in [0.15, 0.2) is 0 Å². The van der Waals surface area contributed by atoms with Crippen LogP contribution in [0.5, 0.6) is 5.75 Å². The molecule has 0 aliphatic rings. The Kier molecular flexibility index (Phi) is 4.83.